The Morgan fingerprint density at radius 1 is 1.15 bits per heavy atom. The standard InChI is InChI=1S/C23H21F3N2O5/c1-3-4-11-33-18-10-5-14(13-19(18)32-2)12-17-20(23(24,25)26)27-28(21(17)29)16-8-6-15(7-9-16)22(30)31/h5-10,12-13H,3-4,11H2,1-2H3,(H,30,31)/b17-12-. The second-order valence-corrected chi connectivity index (χ2v) is 7.09. The topological polar surface area (TPSA) is 88.4 Å². The van der Waals surface area contributed by atoms with Gasteiger partial charge < -0.3 is 14.6 Å². The molecule has 1 heterocycles. The highest BCUT2D eigenvalue weighted by molar-refractivity contribution is 6.34. The summed E-state index contributed by atoms with van der Waals surface area (Å²) in [4.78, 5) is 23.9. The number of carbonyl (C=O) groups excluding carboxylic acids is 1. The number of anilines is 1. The van der Waals surface area contributed by atoms with E-state index in [1.165, 1.54) is 43.5 Å². The van der Waals surface area contributed by atoms with Gasteiger partial charge in [0.05, 0.1) is 30.5 Å². The van der Waals surface area contributed by atoms with Crippen molar-refractivity contribution in [2.75, 3.05) is 18.7 Å². The van der Waals surface area contributed by atoms with Crippen LogP contribution in [0.15, 0.2) is 53.1 Å². The first kappa shape index (κ1) is 23.8. The molecule has 33 heavy (non-hydrogen) atoms. The molecule has 1 aliphatic heterocycles. The smallest absolute Gasteiger partial charge is 0.435 e. The molecule has 0 unspecified atom stereocenters. The second kappa shape index (κ2) is 9.76. The van der Waals surface area contributed by atoms with Crippen LogP contribution in [0.3, 0.4) is 0 Å². The van der Waals surface area contributed by atoms with E-state index in [2.05, 4.69) is 5.10 Å². The Labute approximate surface area is 187 Å². The van der Waals surface area contributed by atoms with Crippen molar-refractivity contribution in [3.8, 4) is 11.5 Å². The second-order valence-electron chi connectivity index (χ2n) is 7.09. The zero-order chi connectivity index (χ0) is 24.2. The number of halogens is 3. The first-order chi connectivity index (χ1) is 15.7. The third kappa shape index (κ3) is 5.33. The fraction of sp³-hybridized carbons (Fsp3) is 0.261. The summed E-state index contributed by atoms with van der Waals surface area (Å²) in [5.74, 6) is -1.44. The maximum absolute atomic E-state index is 13.7. The number of aromatic carboxylic acids is 1. The van der Waals surface area contributed by atoms with Crippen molar-refractivity contribution in [3.05, 3.63) is 59.2 Å². The van der Waals surface area contributed by atoms with Gasteiger partial charge in [0.1, 0.15) is 0 Å². The highest BCUT2D eigenvalue weighted by Gasteiger charge is 2.46. The van der Waals surface area contributed by atoms with Crippen LogP contribution in [0.2, 0.25) is 0 Å². The molecule has 1 aliphatic rings. The highest BCUT2D eigenvalue weighted by atomic mass is 19.4. The normalized spacial score (nSPS) is 15.1. The maximum atomic E-state index is 13.7. The van der Waals surface area contributed by atoms with E-state index in [-0.39, 0.29) is 16.8 Å². The van der Waals surface area contributed by atoms with Gasteiger partial charge in [0.25, 0.3) is 5.91 Å². The number of carboxylic acid groups (broad SMARTS) is 1. The molecule has 7 nitrogen and oxygen atoms in total. The molecule has 3 rings (SSSR count). The molecule has 0 saturated heterocycles. The van der Waals surface area contributed by atoms with Crippen molar-refractivity contribution in [2.45, 2.75) is 25.9 Å². The molecule has 1 N–H and O–H groups in total. The zero-order valence-corrected chi connectivity index (χ0v) is 17.8. The lowest BCUT2D eigenvalue weighted by atomic mass is 10.1. The van der Waals surface area contributed by atoms with Crippen LogP contribution < -0.4 is 14.5 Å². The number of methoxy groups -OCH3 is 1. The van der Waals surface area contributed by atoms with Crippen molar-refractivity contribution in [3.63, 3.8) is 0 Å². The van der Waals surface area contributed by atoms with E-state index < -0.39 is 29.3 Å². The summed E-state index contributed by atoms with van der Waals surface area (Å²) in [6.07, 6.45) is -2.04. The van der Waals surface area contributed by atoms with Crippen molar-refractivity contribution >= 4 is 29.4 Å². The van der Waals surface area contributed by atoms with E-state index in [1.807, 2.05) is 6.92 Å². The van der Waals surface area contributed by atoms with E-state index in [9.17, 15) is 22.8 Å². The summed E-state index contributed by atoms with van der Waals surface area (Å²) >= 11 is 0. The molecular formula is C23H21F3N2O5. The monoisotopic (exact) mass is 462 g/mol. The van der Waals surface area contributed by atoms with E-state index in [0.29, 0.717) is 23.1 Å². The fourth-order valence-corrected chi connectivity index (χ4v) is 3.06. The average Bonchev–Trinajstić information content (AvgIpc) is 3.11. The van der Waals surface area contributed by atoms with Gasteiger partial charge in [-0.2, -0.15) is 23.3 Å². The van der Waals surface area contributed by atoms with Gasteiger partial charge >= 0.3 is 12.1 Å². The Bertz CT molecular complexity index is 1110. The molecular weight excluding hydrogens is 441 g/mol. The minimum Gasteiger partial charge on any atom is -0.493 e. The molecule has 10 heteroatoms. The van der Waals surface area contributed by atoms with Gasteiger partial charge in [-0.05, 0) is 54.5 Å². The van der Waals surface area contributed by atoms with Gasteiger partial charge in [-0.25, -0.2) is 4.79 Å². The Morgan fingerprint density at radius 3 is 2.42 bits per heavy atom. The summed E-state index contributed by atoms with van der Waals surface area (Å²) in [6.45, 7) is 2.48. The largest absolute Gasteiger partial charge is 0.493 e. The average molecular weight is 462 g/mol. The minimum absolute atomic E-state index is 0.00685. The lowest BCUT2D eigenvalue weighted by Gasteiger charge is -2.12. The Balaban J connectivity index is 1.96. The predicted octanol–water partition coefficient (Wildman–Crippen LogP) is 4.92. The lowest BCUT2D eigenvalue weighted by molar-refractivity contribution is -0.114. The molecule has 174 valence electrons. The number of alkyl halides is 3. The Morgan fingerprint density at radius 2 is 1.85 bits per heavy atom. The molecule has 0 aromatic heterocycles. The van der Waals surface area contributed by atoms with Crippen molar-refractivity contribution in [1.29, 1.82) is 0 Å². The molecule has 1 amide bonds. The van der Waals surface area contributed by atoms with Crippen molar-refractivity contribution in [1.82, 2.24) is 0 Å². The van der Waals surface area contributed by atoms with E-state index in [0.717, 1.165) is 18.9 Å². The summed E-state index contributed by atoms with van der Waals surface area (Å²) < 4.78 is 51.9. The summed E-state index contributed by atoms with van der Waals surface area (Å²) in [6, 6.07) is 9.34. The van der Waals surface area contributed by atoms with Gasteiger partial charge in [0, 0.05) is 0 Å². The summed E-state index contributed by atoms with van der Waals surface area (Å²) in [5, 5.41) is 13.1. The minimum atomic E-state index is -4.88. The number of hydrogen-bond donors (Lipinski definition) is 1. The van der Waals surface area contributed by atoms with Gasteiger partial charge in [-0.1, -0.05) is 19.4 Å². The molecule has 0 fully saturated rings. The molecule has 0 spiro atoms. The van der Waals surface area contributed by atoms with Gasteiger partial charge in [-0.15, -0.1) is 0 Å². The summed E-state index contributed by atoms with van der Waals surface area (Å²) in [7, 11) is 1.41. The molecule has 2 aromatic rings. The quantitative estimate of drug-likeness (QED) is 0.444. The highest BCUT2D eigenvalue weighted by Crippen LogP contribution is 2.34. The third-order valence-electron chi connectivity index (χ3n) is 4.76. The SMILES string of the molecule is CCCCOc1ccc(/C=C2\C(=O)N(c3ccc(C(=O)O)cc3)N=C2C(F)(F)F)cc1OC. The number of benzene rings is 2. The predicted molar refractivity (Wildman–Crippen MR) is 116 cm³/mol. The molecule has 0 atom stereocenters. The fourth-order valence-electron chi connectivity index (χ4n) is 3.06. The van der Waals surface area contributed by atoms with E-state index in [4.69, 9.17) is 14.6 Å². The number of carbonyl (C=O) groups is 2. The maximum Gasteiger partial charge on any atom is 0.435 e. The van der Waals surface area contributed by atoms with Crippen molar-refractivity contribution < 1.29 is 37.3 Å². The van der Waals surface area contributed by atoms with Crippen LogP contribution in [0, 0.1) is 0 Å². The number of ether oxygens (including phenoxy) is 2. The Kier molecular flexibility index (Phi) is 7.05. The van der Waals surface area contributed by atoms with Crippen LogP contribution in [0.4, 0.5) is 18.9 Å². The molecule has 0 bridgehead atoms. The zero-order valence-electron chi connectivity index (χ0n) is 17.8. The van der Waals surface area contributed by atoms with E-state index >= 15 is 0 Å². The molecule has 0 aliphatic carbocycles. The van der Waals surface area contributed by atoms with E-state index in [1.54, 1.807) is 6.07 Å². The summed E-state index contributed by atoms with van der Waals surface area (Å²) in [5.41, 5.74) is -1.77. The van der Waals surface area contributed by atoms with Gasteiger partial charge in [0.15, 0.2) is 17.2 Å². The number of hydrogen-bond acceptors (Lipinski definition) is 5. The van der Waals surface area contributed by atoms with Gasteiger partial charge in [0.2, 0.25) is 0 Å². The Hall–Kier alpha value is -3.82. The number of hydrazone groups is 1. The molecule has 0 radical (unpaired) electrons. The number of nitrogens with zero attached hydrogens (tertiary/aromatic N) is 2. The van der Waals surface area contributed by atoms with Crippen LogP contribution in [-0.2, 0) is 4.79 Å². The first-order valence-electron chi connectivity index (χ1n) is 10.0. The first-order valence-corrected chi connectivity index (χ1v) is 10.0. The van der Waals surface area contributed by atoms with Gasteiger partial charge in [-0.3, -0.25) is 4.79 Å². The van der Waals surface area contributed by atoms with Crippen LogP contribution in [-0.4, -0.2) is 42.6 Å². The molecule has 2 aromatic carbocycles. The van der Waals surface area contributed by atoms with Crippen LogP contribution in [0.25, 0.3) is 6.08 Å². The third-order valence-corrected chi connectivity index (χ3v) is 4.76. The molecule has 0 saturated carbocycles. The van der Waals surface area contributed by atoms with Crippen LogP contribution in [0.1, 0.15) is 35.7 Å². The van der Waals surface area contributed by atoms with Crippen molar-refractivity contribution in [2.24, 2.45) is 5.10 Å². The number of amides is 1. The lowest BCUT2D eigenvalue weighted by Crippen LogP contribution is -2.25. The number of rotatable bonds is 8. The van der Waals surface area contributed by atoms with Crippen LogP contribution in [0.5, 0.6) is 11.5 Å². The number of unbranched alkanes of at least 4 members (excludes halogenated alkanes) is 1. The van der Waals surface area contributed by atoms with Crippen LogP contribution >= 0.6 is 0 Å². The number of carboxylic acids is 1.